The second-order valence-electron chi connectivity index (χ2n) is 3.85. The molecule has 0 radical (unpaired) electrons. The lowest BCUT2D eigenvalue weighted by molar-refractivity contribution is -0.141. The molecule has 106 valence electrons. The standard InChI is InChI=1S/C11H7F4N3O2/c12-7-3-5(16)1-2-8(7)18-4-6(10(19)20)9(17-18)11(13,14)15/h1-4H,16H2,(H,19,20). The summed E-state index contributed by atoms with van der Waals surface area (Å²) in [6.45, 7) is 0. The zero-order chi connectivity index (χ0) is 15.1. The molecule has 0 amide bonds. The Morgan fingerprint density at radius 3 is 2.45 bits per heavy atom. The van der Waals surface area contributed by atoms with Crippen molar-refractivity contribution in [2.45, 2.75) is 6.18 Å². The Balaban J connectivity index is 2.62. The number of nitrogens with two attached hydrogens (primary N) is 1. The molecule has 3 N–H and O–H groups in total. The van der Waals surface area contributed by atoms with Gasteiger partial charge < -0.3 is 10.8 Å². The molecule has 0 atom stereocenters. The number of carboxylic acid groups (broad SMARTS) is 1. The smallest absolute Gasteiger partial charge is 0.436 e. The van der Waals surface area contributed by atoms with Crippen LogP contribution in [0.5, 0.6) is 0 Å². The number of nitrogen functional groups attached to an aromatic ring is 1. The van der Waals surface area contributed by atoms with Crippen LogP contribution in [0.15, 0.2) is 24.4 Å². The fourth-order valence-corrected chi connectivity index (χ4v) is 1.57. The Morgan fingerprint density at radius 2 is 2.00 bits per heavy atom. The molecule has 0 aliphatic rings. The van der Waals surface area contributed by atoms with Crippen molar-refractivity contribution in [3.63, 3.8) is 0 Å². The van der Waals surface area contributed by atoms with Crippen LogP contribution >= 0.6 is 0 Å². The van der Waals surface area contributed by atoms with E-state index in [4.69, 9.17) is 10.8 Å². The second kappa shape index (κ2) is 4.51. The Bertz CT molecular complexity index is 679. The lowest BCUT2D eigenvalue weighted by Gasteiger charge is -2.04. The number of nitrogens with zero attached hydrogens (tertiary/aromatic N) is 2. The fraction of sp³-hybridized carbons (Fsp3) is 0.0909. The molecule has 2 aromatic rings. The van der Waals surface area contributed by atoms with Gasteiger partial charge in [-0.15, -0.1) is 0 Å². The maximum absolute atomic E-state index is 13.6. The summed E-state index contributed by atoms with van der Waals surface area (Å²) in [6, 6.07) is 3.25. The van der Waals surface area contributed by atoms with Crippen molar-refractivity contribution in [2.24, 2.45) is 0 Å². The third-order valence-electron chi connectivity index (χ3n) is 2.43. The minimum atomic E-state index is -4.96. The normalized spacial score (nSPS) is 11.6. The summed E-state index contributed by atoms with van der Waals surface area (Å²) in [4.78, 5) is 10.8. The number of hydrogen-bond acceptors (Lipinski definition) is 3. The number of carbonyl (C=O) groups is 1. The Kier molecular flexibility index (Phi) is 3.12. The van der Waals surface area contributed by atoms with Crippen LogP contribution < -0.4 is 5.73 Å². The van der Waals surface area contributed by atoms with Crippen molar-refractivity contribution in [1.82, 2.24) is 9.78 Å². The molecule has 1 heterocycles. The lowest BCUT2D eigenvalue weighted by atomic mass is 10.2. The van der Waals surface area contributed by atoms with E-state index < -0.39 is 29.2 Å². The summed E-state index contributed by atoms with van der Waals surface area (Å²) in [7, 11) is 0. The molecule has 0 aliphatic heterocycles. The number of aromatic nitrogens is 2. The highest BCUT2D eigenvalue weighted by Gasteiger charge is 2.39. The van der Waals surface area contributed by atoms with E-state index in [1.165, 1.54) is 6.07 Å². The summed E-state index contributed by atoms with van der Waals surface area (Å²) in [6.07, 6.45) is -4.36. The Hall–Kier alpha value is -2.58. The van der Waals surface area contributed by atoms with Gasteiger partial charge in [0.05, 0.1) is 0 Å². The molecule has 9 heteroatoms. The van der Waals surface area contributed by atoms with Crippen molar-refractivity contribution >= 4 is 11.7 Å². The topological polar surface area (TPSA) is 81.1 Å². The number of hydrogen-bond donors (Lipinski definition) is 2. The summed E-state index contributed by atoms with van der Waals surface area (Å²) in [5.41, 5.74) is 2.40. The summed E-state index contributed by atoms with van der Waals surface area (Å²) in [5, 5.41) is 11.8. The molecule has 0 spiro atoms. The molecule has 0 aliphatic carbocycles. The molecule has 5 nitrogen and oxygen atoms in total. The molecule has 0 saturated heterocycles. The van der Waals surface area contributed by atoms with Gasteiger partial charge >= 0.3 is 12.1 Å². The number of carboxylic acids is 1. The first-order valence-corrected chi connectivity index (χ1v) is 5.15. The van der Waals surface area contributed by atoms with Crippen LogP contribution in [0.2, 0.25) is 0 Å². The van der Waals surface area contributed by atoms with Crippen molar-refractivity contribution < 1.29 is 27.5 Å². The van der Waals surface area contributed by atoms with Gasteiger partial charge in [0.25, 0.3) is 0 Å². The van der Waals surface area contributed by atoms with Crippen LogP contribution in [0.3, 0.4) is 0 Å². The largest absolute Gasteiger partial charge is 0.478 e. The van der Waals surface area contributed by atoms with Gasteiger partial charge in [0.1, 0.15) is 11.3 Å². The first-order valence-electron chi connectivity index (χ1n) is 5.15. The monoisotopic (exact) mass is 289 g/mol. The fourth-order valence-electron chi connectivity index (χ4n) is 1.57. The summed E-state index contributed by atoms with van der Waals surface area (Å²) in [5.74, 6) is -2.72. The number of anilines is 1. The van der Waals surface area contributed by atoms with Gasteiger partial charge in [-0.25, -0.2) is 13.9 Å². The third-order valence-corrected chi connectivity index (χ3v) is 2.43. The molecular formula is C11H7F4N3O2. The van der Waals surface area contributed by atoms with E-state index >= 15 is 0 Å². The molecular weight excluding hydrogens is 282 g/mol. The van der Waals surface area contributed by atoms with Crippen molar-refractivity contribution in [2.75, 3.05) is 5.73 Å². The number of benzene rings is 1. The number of halogens is 4. The minimum Gasteiger partial charge on any atom is -0.478 e. The zero-order valence-corrected chi connectivity index (χ0v) is 9.65. The van der Waals surface area contributed by atoms with E-state index in [1.54, 1.807) is 0 Å². The quantitative estimate of drug-likeness (QED) is 0.656. The molecule has 2 rings (SSSR count). The van der Waals surface area contributed by atoms with Crippen molar-refractivity contribution in [3.8, 4) is 5.69 Å². The molecule has 20 heavy (non-hydrogen) atoms. The van der Waals surface area contributed by atoms with Crippen LogP contribution in [0.4, 0.5) is 23.2 Å². The Morgan fingerprint density at radius 1 is 1.35 bits per heavy atom. The predicted molar refractivity (Wildman–Crippen MR) is 59.9 cm³/mol. The van der Waals surface area contributed by atoms with Crippen LogP contribution in [0.1, 0.15) is 16.1 Å². The first kappa shape index (κ1) is 13.8. The lowest BCUT2D eigenvalue weighted by Crippen LogP contribution is -2.12. The maximum atomic E-state index is 13.6. The van der Waals surface area contributed by atoms with E-state index in [0.29, 0.717) is 10.9 Å². The van der Waals surface area contributed by atoms with Gasteiger partial charge in [0.2, 0.25) is 0 Å². The van der Waals surface area contributed by atoms with Gasteiger partial charge in [-0.05, 0) is 18.2 Å². The van der Waals surface area contributed by atoms with Crippen LogP contribution in [0, 0.1) is 5.82 Å². The van der Waals surface area contributed by atoms with E-state index in [1.807, 2.05) is 0 Å². The molecule has 0 fully saturated rings. The van der Waals surface area contributed by atoms with E-state index in [2.05, 4.69) is 5.10 Å². The van der Waals surface area contributed by atoms with E-state index in [-0.39, 0.29) is 11.4 Å². The summed E-state index contributed by atoms with van der Waals surface area (Å²) >= 11 is 0. The van der Waals surface area contributed by atoms with Gasteiger partial charge in [0.15, 0.2) is 11.5 Å². The van der Waals surface area contributed by atoms with Gasteiger partial charge in [-0.1, -0.05) is 0 Å². The van der Waals surface area contributed by atoms with Crippen LogP contribution in [-0.2, 0) is 6.18 Å². The Labute approximate surface area is 109 Å². The van der Waals surface area contributed by atoms with Gasteiger partial charge in [0, 0.05) is 11.9 Å². The maximum Gasteiger partial charge on any atom is 0.436 e. The SMILES string of the molecule is Nc1ccc(-n2cc(C(=O)O)c(C(F)(F)F)n2)c(F)c1. The van der Waals surface area contributed by atoms with Gasteiger partial charge in [-0.3, -0.25) is 0 Å². The van der Waals surface area contributed by atoms with Gasteiger partial charge in [-0.2, -0.15) is 18.3 Å². The average molecular weight is 289 g/mol. The van der Waals surface area contributed by atoms with Crippen molar-refractivity contribution in [1.29, 1.82) is 0 Å². The van der Waals surface area contributed by atoms with Crippen LogP contribution in [0.25, 0.3) is 5.69 Å². The molecule has 1 aromatic heterocycles. The minimum absolute atomic E-state index is 0.0768. The average Bonchev–Trinajstić information content (AvgIpc) is 2.73. The molecule has 0 bridgehead atoms. The summed E-state index contributed by atoms with van der Waals surface area (Å²) < 4.78 is 52.1. The second-order valence-corrected chi connectivity index (χ2v) is 3.85. The molecule has 1 aromatic carbocycles. The number of alkyl halides is 3. The van der Waals surface area contributed by atoms with E-state index in [0.717, 1.165) is 12.1 Å². The predicted octanol–water partition coefficient (Wildman–Crippen LogP) is 2.31. The highest BCUT2D eigenvalue weighted by Crippen LogP contribution is 2.31. The molecule has 0 unspecified atom stereocenters. The highest BCUT2D eigenvalue weighted by molar-refractivity contribution is 5.89. The third kappa shape index (κ3) is 2.42. The number of aromatic carboxylic acids is 1. The number of rotatable bonds is 2. The van der Waals surface area contributed by atoms with E-state index in [9.17, 15) is 22.4 Å². The highest BCUT2D eigenvalue weighted by atomic mass is 19.4. The molecule has 0 saturated carbocycles. The first-order chi connectivity index (χ1) is 9.20. The zero-order valence-electron chi connectivity index (χ0n) is 9.65. The van der Waals surface area contributed by atoms with Crippen LogP contribution in [-0.4, -0.2) is 20.9 Å². The van der Waals surface area contributed by atoms with Crippen molar-refractivity contribution in [3.05, 3.63) is 41.5 Å².